The van der Waals surface area contributed by atoms with E-state index in [-0.39, 0.29) is 5.69 Å². The zero-order valence-corrected chi connectivity index (χ0v) is 10.1. The minimum absolute atomic E-state index is 0.168. The third-order valence-electron chi connectivity index (χ3n) is 2.29. The molecule has 1 aromatic carbocycles. The number of halogens is 1. The number of carbonyl (C=O) groups is 1. The number of benzene rings is 1. The summed E-state index contributed by atoms with van der Waals surface area (Å²) in [6.07, 6.45) is 1.52. The minimum Gasteiger partial charge on any atom is -0.464 e. The van der Waals surface area contributed by atoms with Crippen molar-refractivity contribution in [1.29, 1.82) is 0 Å². The molecule has 1 heterocycles. The van der Waals surface area contributed by atoms with Crippen LogP contribution in [0.4, 0.5) is 0 Å². The molecule has 0 aliphatic heterocycles. The third-order valence-corrected chi connectivity index (χ3v) is 2.53. The molecule has 0 unspecified atom stereocenters. The standard InChI is InChI=1S/C11H10ClN3O2/c1-7-5-8(12)3-4-10(7)15-6-9(13-14-15)11(16)17-2/h3-6H,1-2H3. The summed E-state index contributed by atoms with van der Waals surface area (Å²) in [5, 5.41) is 8.25. The van der Waals surface area contributed by atoms with E-state index in [2.05, 4.69) is 15.0 Å². The number of aromatic nitrogens is 3. The number of ether oxygens (including phenoxy) is 1. The van der Waals surface area contributed by atoms with E-state index >= 15 is 0 Å². The summed E-state index contributed by atoms with van der Waals surface area (Å²) < 4.78 is 6.07. The maximum Gasteiger partial charge on any atom is 0.360 e. The van der Waals surface area contributed by atoms with Gasteiger partial charge in [-0.25, -0.2) is 9.48 Å². The first-order valence-corrected chi connectivity index (χ1v) is 5.27. The van der Waals surface area contributed by atoms with E-state index < -0.39 is 5.97 Å². The van der Waals surface area contributed by atoms with Crippen LogP contribution in [0.15, 0.2) is 24.4 Å². The molecule has 0 radical (unpaired) electrons. The molecule has 0 bridgehead atoms. The molecule has 0 aliphatic rings. The van der Waals surface area contributed by atoms with Crippen LogP contribution in [0, 0.1) is 6.92 Å². The van der Waals surface area contributed by atoms with Crippen molar-refractivity contribution in [3.05, 3.63) is 40.7 Å². The van der Waals surface area contributed by atoms with Gasteiger partial charge in [0.25, 0.3) is 0 Å². The van der Waals surface area contributed by atoms with Gasteiger partial charge >= 0.3 is 5.97 Å². The molecule has 0 saturated heterocycles. The van der Waals surface area contributed by atoms with Crippen molar-refractivity contribution in [2.75, 3.05) is 7.11 Å². The van der Waals surface area contributed by atoms with Crippen molar-refractivity contribution in [3.8, 4) is 5.69 Å². The predicted octanol–water partition coefficient (Wildman–Crippen LogP) is 2.02. The maximum absolute atomic E-state index is 11.2. The van der Waals surface area contributed by atoms with Crippen LogP contribution in [0.3, 0.4) is 0 Å². The number of carbonyl (C=O) groups excluding carboxylic acids is 1. The minimum atomic E-state index is -0.511. The molecule has 0 fully saturated rings. The molecule has 1 aromatic heterocycles. The van der Waals surface area contributed by atoms with Gasteiger partial charge < -0.3 is 4.74 Å². The molecule has 17 heavy (non-hydrogen) atoms. The molecule has 6 heteroatoms. The van der Waals surface area contributed by atoms with Gasteiger partial charge in [-0.05, 0) is 30.7 Å². The molecule has 2 rings (SSSR count). The second kappa shape index (κ2) is 4.55. The fraction of sp³-hybridized carbons (Fsp3) is 0.182. The lowest BCUT2D eigenvalue weighted by molar-refractivity contribution is 0.0594. The van der Waals surface area contributed by atoms with Crippen LogP contribution < -0.4 is 0 Å². The second-order valence-electron chi connectivity index (χ2n) is 3.47. The highest BCUT2D eigenvalue weighted by molar-refractivity contribution is 6.30. The Morgan fingerprint density at radius 3 is 2.88 bits per heavy atom. The molecule has 0 aliphatic carbocycles. The Morgan fingerprint density at radius 2 is 2.24 bits per heavy atom. The molecule has 88 valence electrons. The number of nitrogens with zero attached hydrogens (tertiary/aromatic N) is 3. The van der Waals surface area contributed by atoms with Crippen molar-refractivity contribution in [3.63, 3.8) is 0 Å². The maximum atomic E-state index is 11.2. The lowest BCUT2D eigenvalue weighted by Crippen LogP contribution is -2.01. The van der Waals surface area contributed by atoms with Gasteiger partial charge in [0.05, 0.1) is 19.0 Å². The van der Waals surface area contributed by atoms with Crippen LogP contribution in [0.1, 0.15) is 16.1 Å². The van der Waals surface area contributed by atoms with Crippen LogP contribution in [-0.2, 0) is 4.74 Å². The number of rotatable bonds is 2. The number of aryl methyl sites for hydroxylation is 1. The lowest BCUT2D eigenvalue weighted by Gasteiger charge is -2.04. The molecule has 0 N–H and O–H groups in total. The van der Waals surface area contributed by atoms with Gasteiger partial charge in [0, 0.05) is 5.02 Å². The Kier molecular flexibility index (Phi) is 3.10. The molecule has 0 saturated carbocycles. The van der Waals surface area contributed by atoms with Crippen LogP contribution in [0.5, 0.6) is 0 Å². The van der Waals surface area contributed by atoms with Gasteiger partial charge in [-0.1, -0.05) is 16.8 Å². The Bertz CT molecular complexity index is 566. The molecular weight excluding hydrogens is 242 g/mol. The zero-order chi connectivity index (χ0) is 12.4. The van der Waals surface area contributed by atoms with E-state index in [9.17, 15) is 4.79 Å². The molecule has 0 spiro atoms. The summed E-state index contributed by atoms with van der Waals surface area (Å²) in [6, 6.07) is 5.38. The van der Waals surface area contributed by atoms with Gasteiger partial charge in [0.2, 0.25) is 0 Å². The molecule has 0 atom stereocenters. The van der Waals surface area contributed by atoms with E-state index in [1.165, 1.54) is 18.0 Å². The summed E-state index contributed by atoms with van der Waals surface area (Å²) >= 11 is 5.86. The highest BCUT2D eigenvalue weighted by Gasteiger charge is 2.12. The van der Waals surface area contributed by atoms with Crippen LogP contribution in [0.2, 0.25) is 5.02 Å². The van der Waals surface area contributed by atoms with Crippen LogP contribution in [0.25, 0.3) is 5.69 Å². The van der Waals surface area contributed by atoms with Gasteiger partial charge in [0.15, 0.2) is 5.69 Å². The first kappa shape index (κ1) is 11.6. The summed E-state index contributed by atoms with van der Waals surface area (Å²) in [5.74, 6) is -0.511. The summed E-state index contributed by atoms with van der Waals surface area (Å²) in [6.45, 7) is 1.90. The summed E-state index contributed by atoms with van der Waals surface area (Å²) in [7, 11) is 1.30. The van der Waals surface area contributed by atoms with Crippen molar-refractivity contribution < 1.29 is 9.53 Å². The van der Waals surface area contributed by atoms with Crippen LogP contribution >= 0.6 is 11.6 Å². The average molecular weight is 252 g/mol. The third kappa shape index (κ3) is 2.29. The topological polar surface area (TPSA) is 57.0 Å². The molecule has 5 nitrogen and oxygen atoms in total. The Hall–Kier alpha value is -1.88. The van der Waals surface area contributed by atoms with E-state index in [0.29, 0.717) is 5.02 Å². The SMILES string of the molecule is COC(=O)c1cn(-c2ccc(Cl)cc2C)nn1. The van der Waals surface area contributed by atoms with E-state index in [4.69, 9.17) is 11.6 Å². The highest BCUT2D eigenvalue weighted by Crippen LogP contribution is 2.18. The first-order valence-electron chi connectivity index (χ1n) is 4.89. The van der Waals surface area contributed by atoms with Crippen LogP contribution in [-0.4, -0.2) is 28.1 Å². The quantitative estimate of drug-likeness (QED) is 0.766. The summed E-state index contributed by atoms with van der Waals surface area (Å²) in [4.78, 5) is 11.2. The fourth-order valence-corrected chi connectivity index (χ4v) is 1.68. The zero-order valence-electron chi connectivity index (χ0n) is 9.35. The number of methoxy groups -OCH3 is 1. The van der Waals surface area contributed by atoms with E-state index in [1.54, 1.807) is 6.07 Å². The lowest BCUT2D eigenvalue weighted by atomic mass is 10.2. The monoisotopic (exact) mass is 251 g/mol. The average Bonchev–Trinajstić information content (AvgIpc) is 2.77. The Labute approximate surface area is 103 Å². The highest BCUT2D eigenvalue weighted by atomic mass is 35.5. The van der Waals surface area contributed by atoms with Crippen molar-refractivity contribution in [2.45, 2.75) is 6.92 Å². The van der Waals surface area contributed by atoms with Crippen molar-refractivity contribution >= 4 is 17.6 Å². The normalized spacial score (nSPS) is 10.3. The number of hydrogen-bond donors (Lipinski definition) is 0. The smallest absolute Gasteiger partial charge is 0.360 e. The first-order chi connectivity index (χ1) is 8.11. The largest absolute Gasteiger partial charge is 0.464 e. The summed E-state index contributed by atoms with van der Waals surface area (Å²) in [5.41, 5.74) is 1.93. The van der Waals surface area contributed by atoms with Gasteiger partial charge in [-0.15, -0.1) is 5.10 Å². The van der Waals surface area contributed by atoms with Gasteiger partial charge in [0.1, 0.15) is 0 Å². The Morgan fingerprint density at radius 1 is 1.47 bits per heavy atom. The van der Waals surface area contributed by atoms with Gasteiger partial charge in [-0.2, -0.15) is 0 Å². The molecule has 0 amide bonds. The molecular formula is C11H10ClN3O2. The van der Waals surface area contributed by atoms with Crippen molar-refractivity contribution in [1.82, 2.24) is 15.0 Å². The number of hydrogen-bond acceptors (Lipinski definition) is 4. The van der Waals surface area contributed by atoms with E-state index in [0.717, 1.165) is 11.3 Å². The van der Waals surface area contributed by atoms with Crippen molar-refractivity contribution in [2.24, 2.45) is 0 Å². The number of esters is 1. The fourth-order valence-electron chi connectivity index (χ4n) is 1.46. The molecule has 2 aromatic rings. The van der Waals surface area contributed by atoms with E-state index in [1.807, 2.05) is 19.1 Å². The van der Waals surface area contributed by atoms with Gasteiger partial charge in [-0.3, -0.25) is 0 Å². The Balaban J connectivity index is 2.40. The predicted molar refractivity (Wildman–Crippen MR) is 62.4 cm³/mol. The second-order valence-corrected chi connectivity index (χ2v) is 3.91.